The van der Waals surface area contributed by atoms with E-state index in [4.69, 9.17) is 9.47 Å². The number of hydrogen-bond donors (Lipinski definition) is 1. The number of benzene rings is 2. The van der Waals surface area contributed by atoms with Gasteiger partial charge in [0.2, 0.25) is 5.91 Å². The second-order valence-electron chi connectivity index (χ2n) is 6.93. The van der Waals surface area contributed by atoms with Crippen LogP contribution in [0.5, 0.6) is 11.5 Å². The molecule has 0 unspecified atom stereocenters. The minimum Gasteiger partial charge on any atom is -0.490 e. The summed E-state index contributed by atoms with van der Waals surface area (Å²) in [4.78, 5) is 14.4. The maximum absolute atomic E-state index is 13.9. The lowest BCUT2D eigenvalue weighted by molar-refractivity contribution is -0.117. The molecular weight excluding hydrogens is 359 g/mol. The van der Waals surface area contributed by atoms with E-state index in [9.17, 15) is 9.18 Å². The fourth-order valence-corrected chi connectivity index (χ4v) is 3.41. The van der Waals surface area contributed by atoms with Crippen LogP contribution >= 0.6 is 0 Å². The van der Waals surface area contributed by atoms with Crippen molar-refractivity contribution in [2.45, 2.75) is 33.7 Å². The van der Waals surface area contributed by atoms with Gasteiger partial charge in [-0.15, -0.1) is 0 Å². The second-order valence-corrected chi connectivity index (χ2v) is 6.93. The van der Waals surface area contributed by atoms with Crippen LogP contribution in [0.3, 0.4) is 0 Å². The van der Waals surface area contributed by atoms with Gasteiger partial charge in [0.05, 0.1) is 25.4 Å². The van der Waals surface area contributed by atoms with Crippen LogP contribution in [0.2, 0.25) is 0 Å². The van der Waals surface area contributed by atoms with E-state index in [1.165, 1.54) is 11.6 Å². The first-order valence-corrected chi connectivity index (χ1v) is 9.69. The molecule has 1 N–H and O–H groups in total. The van der Waals surface area contributed by atoms with Gasteiger partial charge >= 0.3 is 0 Å². The largest absolute Gasteiger partial charge is 0.490 e. The van der Waals surface area contributed by atoms with Gasteiger partial charge in [0.1, 0.15) is 5.82 Å². The molecule has 0 bridgehead atoms. The molecule has 2 aromatic rings. The molecule has 1 aliphatic rings. The molecule has 1 heterocycles. The van der Waals surface area contributed by atoms with Crippen LogP contribution in [0, 0.1) is 12.7 Å². The van der Waals surface area contributed by atoms with Crippen LogP contribution in [0.1, 0.15) is 30.5 Å². The van der Waals surface area contributed by atoms with E-state index in [0.29, 0.717) is 19.8 Å². The van der Waals surface area contributed by atoms with E-state index in [2.05, 4.69) is 10.2 Å². The normalized spacial score (nSPS) is 13.7. The molecule has 6 heteroatoms. The SMILES string of the molecule is CCOc1cc2c(cc1OCC)CN(CC(=O)Nc1ccc(C)cc1F)CC2. The van der Waals surface area contributed by atoms with Gasteiger partial charge in [-0.2, -0.15) is 0 Å². The van der Waals surface area contributed by atoms with Gasteiger partial charge < -0.3 is 14.8 Å². The second kappa shape index (κ2) is 9.06. The third kappa shape index (κ3) is 4.81. The summed E-state index contributed by atoms with van der Waals surface area (Å²) in [6.07, 6.45) is 0.827. The highest BCUT2D eigenvalue weighted by Gasteiger charge is 2.21. The van der Waals surface area contributed by atoms with Crippen LogP contribution in [0.25, 0.3) is 0 Å². The lowest BCUT2D eigenvalue weighted by Gasteiger charge is -2.29. The molecule has 0 radical (unpaired) electrons. The van der Waals surface area contributed by atoms with Gasteiger partial charge in [-0.3, -0.25) is 9.69 Å². The number of anilines is 1. The first-order chi connectivity index (χ1) is 13.5. The van der Waals surface area contributed by atoms with Crippen molar-refractivity contribution in [2.24, 2.45) is 0 Å². The Balaban J connectivity index is 1.67. The number of hydrogen-bond acceptors (Lipinski definition) is 4. The predicted molar refractivity (Wildman–Crippen MR) is 108 cm³/mol. The van der Waals surface area contributed by atoms with Crippen molar-refractivity contribution in [3.05, 3.63) is 52.8 Å². The topological polar surface area (TPSA) is 50.8 Å². The Morgan fingerprint density at radius 2 is 1.79 bits per heavy atom. The number of rotatable bonds is 7. The van der Waals surface area contributed by atoms with Gasteiger partial charge in [-0.05, 0) is 68.1 Å². The quantitative estimate of drug-likeness (QED) is 0.783. The number of nitrogens with one attached hydrogen (secondary N) is 1. The van der Waals surface area contributed by atoms with Crippen LogP contribution < -0.4 is 14.8 Å². The minimum atomic E-state index is -0.415. The summed E-state index contributed by atoms with van der Waals surface area (Å²) < 4.78 is 25.4. The molecule has 0 aromatic heterocycles. The number of carbonyl (C=O) groups excluding carboxylic acids is 1. The van der Waals surface area contributed by atoms with Gasteiger partial charge in [0.15, 0.2) is 11.5 Å². The third-order valence-electron chi connectivity index (χ3n) is 4.72. The van der Waals surface area contributed by atoms with Gasteiger partial charge in [0, 0.05) is 13.1 Å². The number of fused-ring (bicyclic) bond motifs is 1. The fourth-order valence-electron chi connectivity index (χ4n) is 3.41. The van der Waals surface area contributed by atoms with Gasteiger partial charge in [0.25, 0.3) is 0 Å². The molecule has 28 heavy (non-hydrogen) atoms. The van der Waals surface area contributed by atoms with Crippen molar-refractivity contribution in [3.63, 3.8) is 0 Å². The average Bonchev–Trinajstić information content (AvgIpc) is 2.65. The summed E-state index contributed by atoms with van der Waals surface area (Å²) >= 11 is 0. The number of ether oxygens (including phenoxy) is 2. The Kier molecular flexibility index (Phi) is 6.52. The average molecular weight is 386 g/mol. The maximum atomic E-state index is 13.9. The molecule has 0 spiro atoms. The Bertz CT molecular complexity index is 854. The number of halogens is 1. The maximum Gasteiger partial charge on any atom is 0.238 e. The summed E-state index contributed by atoms with van der Waals surface area (Å²) in [7, 11) is 0. The van der Waals surface area contributed by atoms with Crippen LogP contribution in [0.15, 0.2) is 30.3 Å². The Morgan fingerprint density at radius 1 is 1.11 bits per heavy atom. The van der Waals surface area contributed by atoms with Crippen molar-refractivity contribution < 1.29 is 18.7 Å². The zero-order chi connectivity index (χ0) is 20.1. The molecule has 1 aliphatic heterocycles. The molecule has 150 valence electrons. The monoisotopic (exact) mass is 386 g/mol. The van der Waals surface area contributed by atoms with E-state index < -0.39 is 5.82 Å². The van der Waals surface area contributed by atoms with Crippen molar-refractivity contribution in [1.29, 1.82) is 0 Å². The molecule has 0 atom stereocenters. The van der Waals surface area contributed by atoms with Crippen LogP contribution in [0.4, 0.5) is 10.1 Å². The van der Waals surface area contributed by atoms with Crippen molar-refractivity contribution >= 4 is 11.6 Å². The van der Waals surface area contributed by atoms with Crippen molar-refractivity contribution in [1.82, 2.24) is 4.90 Å². The van der Waals surface area contributed by atoms with Crippen molar-refractivity contribution in [3.8, 4) is 11.5 Å². The standard InChI is InChI=1S/C22H27FN2O3/c1-4-27-20-11-16-8-9-25(13-17(16)12-21(20)28-5-2)14-22(26)24-19-7-6-15(3)10-18(19)23/h6-7,10-12H,4-5,8-9,13-14H2,1-3H3,(H,24,26). The van der Waals surface area contributed by atoms with E-state index in [1.807, 2.05) is 32.9 Å². The van der Waals surface area contributed by atoms with E-state index in [-0.39, 0.29) is 18.1 Å². The molecule has 2 aromatic carbocycles. The minimum absolute atomic E-state index is 0.212. The smallest absolute Gasteiger partial charge is 0.238 e. The predicted octanol–water partition coefficient (Wildman–Crippen LogP) is 3.93. The Hall–Kier alpha value is -2.60. The van der Waals surface area contributed by atoms with Crippen molar-refractivity contribution in [2.75, 3.05) is 31.6 Å². The summed E-state index contributed by atoms with van der Waals surface area (Å²) in [6, 6.07) is 8.84. The Labute approximate surface area is 165 Å². The summed E-state index contributed by atoms with van der Waals surface area (Å²) in [6.45, 7) is 8.47. The molecule has 5 nitrogen and oxygen atoms in total. The zero-order valence-corrected chi connectivity index (χ0v) is 16.7. The summed E-state index contributed by atoms with van der Waals surface area (Å²) in [5.74, 6) is 0.865. The zero-order valence-electron chi connectivity index (χ0n) is 16.7. The first kappa shape index (κ1) is 20.1. The number of amides is 1. The van der Waals surface area contributed by atoms with Gasteiger partial charge in [-0.1, -0.05) is 6.07 Å². The number of nitrogens with zero attached hydrogens (tertiary/aromatic N) is 1. The van der Waals surface area contributed by atoms with Gasteiger partial charge in [-0.25, -0.2) is 4.39 Å². The number of carbonyl (C=O) groups is 1. The lowest BCUT2D eigenvalue weighted by Crippen LogP contribution is -2.37. The first-order valence-electron chi connectivity index (χ1n) is 9.69. The van der Waals surface area contributed by atoms with E-state index in [1.54, 1.807) is 12.1 Å². The summed E-state index contributed by atoms with van der Waals surface area (Å²) in [5, 5.41) is 2.67. The summed E-state index contributed by atoms with van der Waals surface area (Å²) in [5.41, 5.74) is 3.38. The highest BCUT2D eigenvalue weighted by molar-refractivity contribution is 5.92. The highest BCUT2D eigenvalue weighted by atomic mass is 19.1. The Morgan fingerprint density at radius 3 is 2.43 bits per heavy atom. The lowest BCUT2D eigenvalue weighted by atomic mass is 9.98. The molecule has 0 saturated carbocycles. The molecule has 1 amide bonds. The number of aryl methyl sites for hydroxylation is 1. The molecular formula is C22H27FN2O3. The van der Waals surface area contributed by atoms with E-state index in [0.717, 1.165) is 35.6 Å². The molecule has 0 aliphatic carbocycles. The van der Waals surface area contributed by atoms with E-state index >= 15 is 0 Å². The fraction of sp³-hybridized carbons (Fsp3) is 0.409. The molecule has 0 saturated heterocycles. The van der Waals surface area contributed by atoms with Crippen LogP contribution in [-0.4, -0.2) is 37.1 Å². The highest BCUT2D eigenvalue weighted by Crippen LogP contribution is 2.33. The third-order valence-corrected chi connectivity index (χ3v) is 4.72. The molecule has 3 rings (SSSR count). The van der Waals surface area contributed by atoms with Crippen LogP contribution in [-0.2, 0) is 17.8 Å². The molecule has 0 fully saturated rings.